The molecule has 1 amide bonds. The van der Waals surface area contributed by atoms with E-state index in [1.807, 2.05) is 36.1 Å². The highest BCUT2D eigenvalue weighted by molar-refractivity contribution is 5.95. The number of rotatable bonds is 4. The molecule has 28 heavy (non-hydrogen) atoms. The Morgan fingerprint density at radius 3 is 2.79 bits per heavy atom. The number of nitrogens with zero attached hydrogens (tertiary/aromatic N) is 2. The number of anilines is 1. The van der Waals surface area contributed by atoms with Crippen LogP contribution in [-0.4, -0.2) is 43.0 Å². The fraction of sp³-hybridized carbons (Fsp3) is 0.409. The van der Waals surface area contributed by atoms with E-state index in [2.05, 4.69) is 28.7 Å². The Morgan fingerprint density at radius 2 is 2.00 bits per heavy atom. The summed E-state index contributed by atoms with van der Waals surface area (Å²) < 4.78 is 13.6. The third kappa shape index (κ3) is 3.94. The van der Waals surface area contributed by atoms with Gasteiger partial charge in [0, 0.05) is 37.3 Å². The molecule has 3 unspecified atom stereocenters. The number of hydrogen-bond donors (Lipinski definition) is 2. The Labute approximate surface area is 165 Å². The van der Waals surface area contributed by atoms with E-state index in [1.165, 1.54) is 6.07 Å². The minimum Gasteiger partial charge on any atom is -0.310 e. The number of aryl methyl sites for hydroxylation is 1. The lowest BCUT2D eigenvalue weighted by atomic mass is 9.93. The molecule has 0 spiro atoms. The monoisotopic (exact) mass is 382 g/mol. The van der Waals surface area contributed by atoms with E-state index in [-0.39, 0.29) is 29.7 Å². The van der Waals surface area contributed by atoms with Crippen molar-refractivity contribution in [3.05, 3.63) is 65.5 Å². The molecule has 0 aliphatic carbocycles. The summed E-state index contributed by atoms with van der Waals surface area (Å²) in [5.41, 5.74) is 9.53. The largest absolute Gasteiger partial charge is 0.310 e. The van der Waals surface area contributed by atoms with Crippen LogP contribution in [0.4, 0.5) is 10.1 Å². The lowest BCUT2D eigenvalue weighted by Gasteiger charge is -2.41. The molecule has 2 aromatic rings. The van der Waals surface area contributed by atoms with Crippen LogP contribution in [0, 0.1) is 18.7 Å². The van der Waals surface area contributed by atoms with E-state index in [1.54, 1.807) is 12.1 Å². The maximum atomic E-state index is 13.6. The van der Waals surface area contributed by atoms with Crippen molar-refractivity contribution in [1.29, 1.82) is 0 Å². The summed E-state index contributed by atoms with van der Waals surface area (Å²) in [5, 5.41) is 0. The summed E-state index contributed by atoms with van der Waals surface area (Å²) in [7, 11) is 0. The summed E-state index contributed by atoms with van der Waals surface area (Å²) in [4.78, 5) is 17.0. The fourth-order valence-electron chi connectivity index (χ4n) is 4.25. The van der Waals surface area contributed by atoms with E-state index in [9.17, 15) is 9.18 Å². The van der Waals surface area contributed by atoms with Gasteiger partial charge in [-0.05, 0) is 49.2 Å². The second-order valence-corrected chi connectivity index (χ2v) is 7.94. The third-order valence-electron chi connectivity index (χ3n) is 5.79. The molecule has 6 heteroatoms. The highest BCUT2D eigenvalue weighted by Crippen LogP contribution is 2.28. The lowest BCUT2D eigenvalue weighted by molar-refractivity contribution is -0.122. The first-order valence-electron chi connectivity index (χ1n) is 9.86. The Balaban J connectivity index is 1.45. The molecule has 2 fully saturated rings. The maximum absolute atomic E-state index is 13.6. The first-order chi connectivity index (χ1) is 13.5. The molecule has 2 heterocycles. The molecule has 0 radical (unpaired) electrons. The number of carbonyl (C=O) groups is 1. The van der Waals surface area contributed by atoms with Crippen LogP contribution in [-0.2, 0) is 4.79 Å². The summed E-state index contributed by atoms with van der Waals surface area (Å²) in [5.74, 6) is 0.174. The van der Waals surface area contributed by atoms with Crippen molar-refractivity contribution in [3.8, 4) is 0 Å². The maximum Gasteiger partial charge on any atom is 0.241 e. The van der Waals surface area contributed by atoms with E-state index < -0.39 is 0 Å². The van der Waals surface area contributed by atoms with Crippen LogP contribution >= 0.6 is 0 Å². The highest BCUT2D eigenvalue weighted by Gasteiger charge is 2.35. The number of benzene rings is 2. The molecule has 3 atom stereocenters. The smallest absolute Gasteiger partial charge is 0.241 e. The van der Waals surface area contributed by atoms with Crippen molar-refractivity contribution < 1.29 is 9.18 Å². The molecular formula is C22H27FN4O. The van der Waals surface area contributed by atoms with E-state index in [4.69, 9.17) is 0 Å². The number of halogens is 1. The predicted octanol–water partition coefficient (Wildman–Crippen LogP) is 2.64. The molecule has 2 aromatic carbocycles. The average molecular weight is 382 g/mol. The second-order valence-electron chi connectivity index (χ2n) is 7.94. The van der Waals surface area contributed by atoms with E-state index >= 15 is 0 Å². The quantitative estimate of drug-likeness (QED) is 0.854. The first kappa shape index (κ1) is 19.1. The minimum atomic E-state index is -0.222. The molecule has 4 rings (SSSR count). The van der Waals surface area contributed by atoms with Gasteiger partial charge in [0.05, 0.1) is 12.6 Å². The van der Waals surface area contributed by atoms with Crippen LogP contribution in [0.3, 0.4) is 0 Å². The van der Waals surface area contributed by atoms with Crippen LogP contribution in [0.15, 0.2) is 48.5 Å². The molecular weight excluding hydrogens is 355 g/mol. The number of piperazine rings is 1. The molecule has 148 valence electrons. The van der Waals surface area contributed by atoms with Crippen LogP contribution < -0.4 is 15.8 Å². The van der Waals surface area contributed by atoms with Gasteiger partial charge in [-0.1, -0.05) is 24.3 Å². The summed E-state index contributed by atoms with van der Waals surface area (Å²) in [6.07, 6.45) is 0. The number of hydrogen-bond acceptors (Lipinski definition) is 4. The van der Waals surface area contributed by atoms with Crippen LogP contribution in [0.1, 0.15) is 24.1 Å². The van der Waals surface area contributed by atoms with Gasteiger partial charge in [-0.2, -0.15) is 0 Å². The number of nitrogens with one attached hydrogen (secondary N) is 2. The zero-order valence-electron chi connectivity index (χ0n) is 16.4. The van der Waals surface area contributed by atoms with Gasteiger partial charge < -0.3 is 4.90 Å². The Hall–Kier alpha value is -2.28. The summed E-state index contributed by atoms with van der Waals surface area (Å²) in [6.45, 7) is 6.88. The number of amides is 1. The van der Waals surface area contributed by atoms with Crippen molar-refractivity contribution in [3.63, 3.8) is 0 Å². The van der Waals surface area contributed by atoms with Gasteiger partial charge in [0.25, 0.3) is 0 Å². The Bertz CT molecular complexity index is 858. The van der Waals surface area contributed by atoms with Gasteiger partial charge in [0.2, 0.25) is 5.91 Å². The summed E-state index contributed by atoms with van der Waals surface area (Å²) >= 11 is 0. The topological polar surface area (TPSA) is 47.6 Å². The lowest BCUT2D eigenvalue weighted by Crippen LogP contribution is -2.56. The Morgan fingerprint density at radius 1 is 1.18 bits per heavy atom. The van der Waals surface area contributed by atoms with Crippen molar-refractivity contribution >= 4 is 11.6 Å². The van der Waals surface area contributed by atoms with Crippen LogP contribution in [0.2, 0.25) is 0 Å². The molecule has 0 bridgehead atoms. The highest BCUT2D eigenvalue weighted by atomic mass is 19.1. The molecule has 2 saturated heterocycles. The Kier molecular flexibility index (Phi) is 5.44. The fourth-order valence-corrected chi connectivity index (χ4v) is 4.25. The molecule has 2 N–H and O–H groups in total. The zero-order chi connectivity index (χ0) is 19.7. The zero-order valence-corrected chi connectivity index (χ0v) is 16.4. The second kappa shape index (κ2) is 7.99. The van der Waals surface area contributed by atoms with Gasteiger partial charge in [-0.25, -0.2) is 9.82 Å². The average Bonchev–Trinajstić information content (AvgIpc) is 3.12. The van der Waals surface area contributed by atoms with Crippen molar-refractivity contribution in [1.82, 2.24) is 15.8 Å². The minimum absolute atomic E-state index is 0.0350. The standard InChI is InChI=1S/C22H27FN4O/c1-15-5-3-8-20(9-15)27-12-16(2)26(14-21(27)28)13-18-11-24-25-22(18)17-6-4-7-19(23)10-17/h3-10,16,18,22,24-25H,11-14H2,1-2H3. The first-order valence-corrected chi connectivity index (χ1v) is 9.86. The van der Waals surface area contributed by atoms with Gasteiger partial charge in [0.1, 0.15) is 5.82 Å². The van der Waals surface area contributed by atoms with Gasteiger partial charge >= 0.3 is 0 Å². The van der Waals surface area contributed by atoms with E-state index in [0.717, 1.165) is 29.9 Å². The third-order valence-corrected chi connectivity index (χ3v) is 5.79. The van der Waals surface area contributed by atoms with Crippen molar-refractivity contribution in [2.45, 2.75) is 25.9 Å². The van der Waals surface area contributed by atoms with E-state index in [0.29, 0.717) is 13.1 Å². The van der Waals surface area contributed by atoms with Crippen molar-refractivity contribution in [2.75, 3.05) is 31.1 Å². The van der Waals surface area contributed by atoms with Crippen LogP contribution in [0.25, 0.3) is 0 Å². The molecule has 2 aliphatic heterocycles. The van der Waals surface area contributed by atoms with Crippen molar-refractivity contribution in [2.24, 2.45) is 5.92 Å². The molecule has 2 aliphatic rings. The number of carbonyl (C=O) groups excluding carboxylic acids is 1. The molecule has 0 saturated carbocycles. The number of hydrazine groups is 1. The SMILES string of the molecule is Cc1cccc(N2CC(C)N(CC3CNNC3c3cccc(F)c3)CC2=O)c1. The normalized spacial score (nSPS) is 26.0. The van der Waals surface area contributed by atoms with Gasteiger partial charge in [-0.15, -0.1) is 0 Å². The molecule has 5 nitrogen and oxygen atoms in total. The van der Waals surface area contributed by atoms with Gasteiger partial charge in [-0.3, -0.25) is 15.1 Å². The molecule has 0 aromatic heterocycles. The summed E-state index contributed by atoms with van der Waals surface area (Å²) in [6, 6.07) is 15.1. The van der Waals surface area contributed by atoms with Gasteiger partial charge in [0.15, 0.2) is 0 Å². The van der Waals surface area contributed by atoms with Crippen LogP contribution in [0.5, 0.6) is 0 Å². The predicted molar refractivity (Wildman–Crippen MR) is 108 cm³/mol.